The number of nitrogens with one attached hydrogen (secondary N) is 2. The summed E-state index contributed by atoms with van der Waals surface area (Å²) in [6, 6.07) is 9.72. The zero-order valence-corrected chi connectivity index (χ0v) is 14.5. The van der Waals surface area contributed by atoms with E-state index in [-0.39, 0.29) is 5.78 Å². The van der Waals surface area contributed by atoms with Crippen molar-refractivity contribution in [1.82, 2.24) is 19.7 Å². The van der Waals surface area contributed by atoms with Gasteiger partial charge in [-0.3, -0.25) is 9.48 Å². The number of benzene rings is 1. The fourth-order valence-corrected chi connectivity index (χ4v) is 2.47. The number of nitrogens with zero attached hydrogens (tertiary/aromatic N) is 4. The van der Waals surface area contributed by atoms with E-state index in [0.717, 1.165) is 16.8 Å². The minimum atomic E-state index is 0.0111. The highest BCUT2D eigenvalue weighted by Crippen LogP contribution is 2.16. The van der Waals surface area contributed by atoms with Gasteiger partial charge in [-0.2, -0.15) is 5.10 Å². The van der Waals surface area contributed by atoms with Gasteiger partial charge in [0.2, 0.25) is 0 Å². The molecule has 0 saturated heterocycles. The molecule has 0 fully saturated rings. The van der Waals surface area contributed by atoms with Gasteiger partial charge in [0.25, 0.3) is 0 Å². The highest BCUT2D eigenvalue weighted by molar-refractivity contribution is 5.90. The smallest absolute Gasteiger partial charge is 0.159 e. The summed E-state index contributed by atoms with van der Waals surface area (Å²) in [6.45, 7) is 4.10. The van der Waals surface area contributed by atoms with Crippen LogP contribution in [0.2, 0.25) is 0 Å². The van der Waals surface area contributed by atoms with E-state index in [1.54, 1.807) is 10.9 Å². The van der Waals surface area contributed by atoms with Gasteiger partial charge in [-0.15, -0.1) is 0 Å². The Balaban J connectivity index is 1.62. The van der Waals surface area contributed by atoms with E-state index in [1.165, 1.54) is 12.4 Å². The third-order valence-electron chi connectivity index (χ3n) is 3.72. The number of aryl methyl sites for hydroxylation is 1. The van der Waals surface area contributed by atoms with Gasteiger partial charge >= 0.3 is 0 Å². The molecule has 0 bridgehead atoms. The molecule has 3 aromatic rings. The summed E-state index contributed by atoms with van der Waals surface area (Å²) in [7, 11) is 1.86. The van der Waals surface area contributed by atoms with Crippen LogP contribution in [-0.2, 0) is 24.8 Å². The summed E-state index contributed by atoms with van der Waals surface area (Å²) in [5.41, 5.74) is 2.90. The average Bonchev–Trinajstić information content (AvgIpc) is 3.05. The Morgan fingerprint density at radius 3 is 2.81 bits per heavy atom. The molecule has 0 aliphatic carbocycles. The molecule has 0 atom stereocenters. The molecule has 0 unspecified atom stereocenters. The van der Waals surface area contributed by atoms with Crippen molar-refractivity contribution in [1.29, 1.82) is 0 Å². The maximum absolute atomic E-state index is 11.5. The molecule has 7 heteroatoms. The second kappa shape index (κ2) is 8.06. The van der Waals surface area contributed by atoms with Gasteiger partial charge in [0, 0.05) is 32.3 Å². The van der Waals surface area contributed by atoms with Gasteiger partial charge in [-0.05, 0) is 17.2 Å². The number of aromatic nitrogens is 4. The first-order valence-electron chi connectivity index (χ1n) is 8.17. The Labute approximate surface area is 151 Å². The summed E-state index contributed by atoms with van der Waals surface area (Å²) in [5.74, 6) is 1.40. The zero-order valence-electron chi connectivity index (χ0n) is 14.5. The standard InChI is InChI=1S/C19H20N6O/c1-3-17(26)8-14-5-4-6-15(7-14)10-20-18-9-19(22-13-21-18)24-16-11-23-25(2)12-16/h3-7,9,11-13H,1,8,10H2,2H3,(H2,20,21,22,24). The molecule has 0 aliphatic heterocycles. The van der Waals surface area contributed by atoms with Crippen LogP contribution >= 0.6 is 0 Å². The number of ketones is 1. The van der Waals surface area contributed by atoms with Gasteiger partial charge in [-0.25, -0.2) is 9.97 Å². The summed E-state index contributed by atoms with van der Waals surface area (Å²) in [5, 5.41) is 10.6. The Morgan fingerprint density at radius 1 is 1.23 bits per heavy atom. The maximum Gasteiger partial charge on any atom is 0.159 e. The third-order valence-corrected chi connectivity index (χ3v) is 3.72. The van der Waals surface area contributed by atoms with E-state index in [2.05, 4.69) is 32.3 Å². The number of rotatable bonds is 8. The van der Waals surface area contributed by atoms with Gasteiger partial charge in [0.05, 0.1) is 11.9 Å². The highest BCUT2D eigenvalue weighted by Gasteiger charge is 2.03. The Bertz CT molecular complexity index is 918. The van der Waals surface area contributed by atoms with Gasteiger partial charge in [0.1, 0.15) is 18.0 Å². The maximum atomic E-state index is 11.5. The average molecular weight is 348 g/mol. The summed E-state index contributed by atoms with van der Waals surface area (Å²) < 4.78 is 1.72. The SMILES string of the molecule is C=CC(=O)Cc1cccc(CNc2cc(Nc3cnn(C)c3)ncn2)c1. The van der Waals surface area contributed by atoms with Crippen LogP contribution in [0.3, 0.4) is 0 Å². The fraction of sp³-hybridized carbons (Fsp3) is 0.158. The zero-order chi connectivity index (χ0) is 18.4. The Kier molecular flexibility index (Phi) is 5.38. The van der Waals surface area contributed by atoms with Crippen molar-refractivity contribution in [3.05, 3.63) is 72.8 Å². The lowest BCUT2D eigenvalue weighted by Gasteiger charge is -2.09. The molecule has 1 aromatic carbocycles. The van der Waals surface area contributed by atoms with Gasteiger partial charge in [0.15, 0.2) is 5.78 Å². The Hall–Kier alpha value is -3.48. The van der Waals surface area contributed by atoms with Crippen LogP contribution in [0.15, 0.2) is 61.7 Å². The van der Waals surface area contributed by atoms with Crippen LogP contribution in [0.4, 0.5) is 17.3 Å². The van der Waals surface area contributed by atoms with Crippen molar-refractivity contribution in [2.24, 2.45) is 7.05 Å². The van der Waals surface area contributed by atoms with Crippen LogP contribution in [0.5, 0.6) is 0 Å². The fourth-order valence-electron chi connectivity index (χ4n) is 2.47. The van der Waals surface area contributed by atoms with Crippen molar-refractivity contribution in [2.75, 3.05) is 10.6 Å². The Morgan fingerprint density at radius 2 is 2.04 bits per heavy atom. The lowest BCUT2D eigenvalue weighted by molar-refractivity contribution is -0.114. The molecule has 2 aromatic heterocycles. The summed E-state index contributed by atoms with van der Waals surface area (Å²) in [6.07, 6.45) is 6.81. The lowest BCUT2D eigenvalue weighted by atomic mass is 10.1. The summed E-state index contributed by atoms with van der Waals surface area (Å²) in [4.78, 5) is 19.9. The van der Waals surface area contributed by atoms with Crippen LogP contribution in [0.1, 0.15) is 11.1 Å². The predicted octanol–water partition coefficient (Wildman–Crippen LogP) is 2.86. The van der Waals surface area contributed by atoms with E-state index < -0.39 is 0 Å². The lowest BCUT2D eigenvalue weighted by Crippen LogP contribution is -2.04. The van der Waals surface area contributed by atoms with Crippen molar-refractivity contribution in [3.63, 3.8) is 0 Å². The number of allylic oxidation sites excluding steroid dienone is 1. The van der Waals surface area contributed by atoms with Gasteiger partial charge in [-0.1, -0.05) is 30.8 Å². The second-order valence-corrected chi connectivity index (χ2v) is 5.84. The van der Waals surface area contributed by atoms with Crippen LogP contribution in [-0.4, -0.2) is 25.5 Å². The molecule has 0 spiro atoms. The normalized spacial score (nSPS) is 10.3. The molecule has 0 radical (unpaired) electrons. The molecule has 0 saturated carbocycles. The highest BCUT2D eigenvalue weighted by atomic mass is 16.1. The number of hydrogen-bond acceptors (Lipinski definition) is 6. The van der Waals surface area contributed by atoms with Crippen LogP contribution in [0.25, 0.3) is 0 Å². The first-order chi connectivity index (χ1) is 12.6. The van der Waals surface area contributed by atoms with Gasteiger partial charge < -0.3 is 10.6 Å². The monoisotopic (exact) mass is 348 g/mol. The molecule has 0 amide bonds. The van der Waals surface area contributed by atoms with E-state index in [9.17, 15) is 4.79 Å². The van der Waals surface area contributed by atoms with E-state index in [0.29, 0.717) is 24.6 Å². The molecule has 3 rings (SSSR count). The first kappa shape index (κ1) is 17.3. The minimum absolute atomic E-state index is 0.0111. The number of carbonyl (C=O) groups is 1. The molecule has 7 nitrogen and oxygen atoms in total. The second-order valence-electron chi connectivity index (χ2n) is 5.84. The molecular weight excluding hydrogens is 328 g/mol. The van der Waals surface area contributed by atoms with Crippen molar-refractivity contribution < 1.29 is 4.79 Å². The van der Waals surface area contributed by atoms with Crippen molar-refractivity contribution in [3.8, 4) is 0 Å². The third kappa shape index (κ3) is 4.76. The molecular formula is C19H20N6O. The number of carbonyl (C=O) groups excluding carboxylic acids is 1. The summed E-state index contributed by atoms with van der Waals surface area (Å²) >= 11 is 0. The largest absolute Gasteiger partial charge is 0.366 e. The molecule has 132 valence electrons. The number of anilines is 3. The van der Waals surface area contributed by atoms with E-state index >= 15 is 0 Å². The topological polar surface area (TPSA) is 84.7 Å². The van der Waals surface area contributed by atoms with Crippen molar-refractivity contribution in [2.45, 2.75) is 13.0 Å². The molecule has 2 N–H and O–H groups in total. The minimum Gasteiger partial charge on any atom is -0.366 e. The van der Waals surface area contributed by atoms with E-state index in [4.69, 9.17) is 0 Å². The van der Waals surface area contributed by atoms with E-state index in [1.807, 2.05) is 43.6 Å². The van der Waals surface area contributed by atoms with Crippen LogP contribution < -0.4 is 10.6 Å². The number of hydrogen-bond donors (Lipinski definition) is 2. The molecule has 0 aliphatic rings. The first-order valence-corrected chi connectivity index (χ1v) is 8.17. The van der Waals surface area contributed by atoms with Crippen molar-refractivity contribution >= 4 is 23.1 Å². The molecule has 26 heavy (non-hydrogen) atoms. The van der Waals surface area contributed by atoms with Crippen LogP contribution in [0, 0.1) is 0 Å². The predicted molar refractivity (Wildman–Crippen MR) is 101 cm³/mol. The quantitative estimate of drug-likeness (QED) is 0.609. The molecule has 2 heterocycles.